The first kappa shape index (κ1) is 15.3. The second kappa shape index (κ2) is 7.06. The second-order valence-corrected chi connectivity index (χ2v) is 5.02. The number of methoxy groups -OCH3 is 1. The van der Waals surface area contributed by atoms with Gasteiger partial charge in [0.2, 0.25) is 11.8 Å². The van der Waals surface area contributed by atoms with Crippen molar-refractivity contribution in [3.63, 3.8) is 0 Å². The number of nitrogens with one attached hydrogen (secondary N) is 1. The average molecular weight is 294 g/mol. The summed E-state index contributed by atoms with van der Waals surface area (Å²) in [6, 6.07) is 4.53. The SMILES string of the molecule is COc1ccc(CNC(=O)CN2CCCCC2=O)cc1F. The number of halogens is 1. The van der Waals surface area contributed by atoms with Gasteiger partial charge < -0.3 is 15.0 Å². The summed E-state index contributed by atoms with van der Waals surface area (Å²) in [5.74, 6) is -0.507. The Labute approximate surface area is 123 Å². The number of rotatable bonds is 5. The normalized spacial score (nSPS) is 15.0. The molecule has 1 fully saturated rings. The molecule has 0 spiro atoms. The Bertz CT molecular complexity index is 534. The van der Waals surface area contributed by atoms with Gasteiger partial charge in [-0.15, -0.1) is 0 Å². The minimum absolute atomic E-state index is 0.0203. The molecule has 0 saturated carbocycles. The van der Waals surface area contributed by atoms with Crippen LogP contribution in [0.4, 0.5) is 4.39 Å². The van der Waals surface area contributed by atoms with E-state index in [1.807, 2.05) is 0 Å². The number of nitrogens with zero attached hydrogens (tertiary/aromatic N) is 1. The molecule has 1 aliphatic heterocycles. The first-order valence-electron chi connectivity index (χ1n) is 6.97. The molecule has 114 valence electrons. The van der Waals surface area contributed by atoms with E-state index in [0.29, 0.717) is 18.5 Å². The van der Waals surface area contributed by atoms with Crippen LogP contribution in [0.5, 0.6) is 5.75 Å². The highest BCUT2D eigenvalue weighted by Crippen LogP contribution is 2.17. The number of hydrogen-bond acceptors (Lipinski definition) is 3. The highest BCUT2D eigenvalue weighted by Gasteiger charge is 2.20. The number of amides is 2. The van der Waals surface area contributed by atoms with E-state index in [9.17, 15) is 14.0 Å². The molecule has 2 rings (SSSR count). The summed E-state index contributed by atoms with van der Waals surface area (Å²) in [5, 5.41) is 2.69. The summed E-state index contributed by atoms with van der Waals surface area (Å²) in [6.07, 6.45) is 2.34. The van der Waals surface area contributed by atoms with Crippen LogP contribution in [0.15, 0.2) is 18.2 Å². The van der Waals surface area contributed by atoms with E-state index in [1.165, 1.54) is 19.2 Å². The van der Waals surface area contributed by atoms with Crippen molar-refractivity contribution in [1.82, 2.24) is 10.2 Å². The Morgan fingerprint density at radius 1 is 1.43 bits per heavy atom. The number of ether oxygens (including phenoxy) is 1. The van der Waals surface area contributed by atoms with Crippen LogP contribution in [0.3, 0.4) is 0 Å². The van der Waals surface area contributed by atoms with Gasteiger partial charge >= 0.3 is 0 Å². The van der Waals surface area contributed by atoms with Crippen molar-refractivity contribution in [2.24, 2.45) is 0 Å². The maximum Gasteiger partial charge on any atom is 0.239 e. The van der Waals surface area contributed by atoms with Gasteiger partial charge in [0, 0.05) is 19.5 Å². The van der Waals surface area contributed by atoms with E-state index in [1.54, 1.807) is 11.0 Å². The third-order valence-electron chi connectivity index (χ3n) is 3.46. The molecule has 1 saturated heterocycles. The molecule has 0 radical (unpaired) electrons. The van der Waals surface area contributed by atoms with Crippen LogP contribution in [0.25, 0.3) is 0 Å². The molecule has 0 atom stereocenters. The van der Waals surface area contributed by atoms with Crippen LogP contribution in [-0.2, 0) is 16.1 Å². The summed E-state index contributed by atoms with van der Waals surface area (Å²) in [4.78, 5) is 25.0. The summed E-state index contributed by atoms with van der Waals surface area (Å²) in [7, 11) is 1.40. The quantitative estimate of drug-likeness (QED) is 0.894. The molecule has 0 unspecified atom stereocenters. The van der Waals surface area contributed by atoms with Gasteiger partial charge in [-0.3, -0.25) is 9.59 Å². The zero-order valence-electron chi connectivity index (χ0n) is 12.0. The Kier molecular flexibility index (Phi) is 5.14. The van der Waals surface area contributed by atoms with E-state index in [2.05, 4.69) is 5.32 Å². The molecule has 6 heteroatoms. The lowest BCUT2D eigenvalue weighted by atomic mass is 10.1. The molecule has 1 heterocycles. The minimum Gasteiger partial charge on any atom is -0.494 e. The lowest BCUT2D eigenvalue weighted by Gasteiger charge is -2.25. The number of carbonyl (C=O) groups excluding carboxylic acids is 2. The fraction of sp³-hybridized carbons (Fsp3) is 0.467. The molecular formula is C15H19FN2O3. The monoisotopic (exact) mass is 294 g/mol. The molecule has 0 aromatic heterocycles. The zero-order chi connectivity index (χ0) is 15.2. The van der Waals surface area contributed by atoms with Crippen molar-refractivity contribution in [3.8, 4) is 5.75 Å². The number of carbonyl (C=O) groups is 2. The molecule has 1 aromatic rings. The standard InChI is InChI=1S/C15H19FN2O3/c1-21-13-6-5-11(8-12(13)16)9-17-14(19)10-18-7-3-2-4-15(18)20/h5-6,8H,2-4,7,9-10H2,1H3,(H,17,19). The second-order valence-electron chi connectivity index (χ2n) is 5.02. The van der Waals surface area contributed by atoms with Gasteiger partial charge in [-0.25, -0.2) is 4.39 Å². The summed E-state index contributed by atoms with van der Waals surface area (Å²) in [6.45, 7) is 0.919. The zero-order valence-corrected chi connectivity index (χ0v) is 12.0. The predicted octanol–water partition coefficient (Wildman–Crippen LogP) is 1.46. The van der Waals surface area contributed by atoms with Crippen molar-refractivity contribution in [2.45, 2.75) is 25.8 Å². The summed E-state index contributed by atoms with van der Waals surface area (Å²) >= 11 is 0. The van der Waals surface area contributed by atoms with Gasteiger partial charge in [-0.1, -0.05) is 6.07 Å². The number of piperidine rings is 1. The predicted molar refractivity (Wildman–Crippen MR) is 75.2 cm³/mol. The van der Waals surface area contributed by atoms with Crippen molar-refractivity contribution in [1.29, 1.82) is 0 Å². The van der Waals surface area contributed by atoms with Gasteiger partial charge in [-0.2, -0.15) is 0 Å². The van der Waals surface area contributed by atoms with Crippen molar-refractivity contribution in [3.05, 3.63) is 29.6 Å². The average Bonchev–Trinajstić information content (AvgIpc) is 2.48. The third-order valence-corrected chi connectivity index (χ3v) is 3.46. The molecule has 0 aliphatic carbocycles. The summed E-state index contributed by atoms with van der Waals surface area (Å²) < 4.78 is 18.3. The van der Waals surface area contributed by atoms with Crippen LogP contribution < -0.4 is 10.1 Å². The Morgan fingerprint density at radius 3 is 2.90 bits per heavy atom. The molecule has 21 heavy (non-hydrogen) atoms. The minimum atomic E-state index is -0.463. The van der Waals surface area contributed by atoms with Crippen LogP contribution >= 0.6 is 0 Å². The third kappa shape index (κ3) is 4.18. The maximum atomic E-state index is 13.5. The van der Waals surface area contributed by atoms with E-state index in [0.717, 1.165) is 12.8 Å². The van der Waals surface area contributed by atoms with Gasteiger partial charge in [0.15, 0.2) is 11.6 Å². The van der Waals surface area contributed by atoms with E-state index in [-0.39, 0.29) is 30.7 Å². The summed E-state index contributed by atoms with van der Waals surface area (Å²) in [5.41, 5.74) is 0.645. The molecule has 1 aromatic carbocycles. The van der Waals surface area contributed by atoms with Gasteiger partial charge in [0.25, 0.3) is 0 Å². The Balaban J connectivity index is 1.83. The van der Waals surface area contributed by atoms with Crippen LogP contribution in [0.1, 0.15) is 24.8 Å². The molecule has 1 N–H and O–H groups in total. The van der Waals surface area contributed by atoms with E-state index < -0.39 is 5.82 Å². The number of benzene rings is 1. The van der Waals surface area contributed by atoms with Crippen molar-refractivity contribution >= 4 is 11.8 Å². The van der Waals surface area contributed by atoms with Crippen molar-refractivity contribution < 1.29 is 18.7 Å². The molecule has 0 bridgehead atoms. The van der Waals surface area contributed by atoms with E-state index >= 15 is 0 Å². The highest BCUT2D eigenvalue weighted by molar-refractivity contribution is 5.85. The number of likely N-dealkylation sites (tertiary alicyclic amines) is 1. The Morgan fingerprint density at radius 2 is 2.24 bits per heavy atom. The van der Waals surface area contributed by atoms with Crippen LogP contribution in [0, 0.1) is 5.82 Å². The largest absolute Gasteiger partial charge is 0.494 e. The molecule has 2 amide bonds. The lowest BCUT2D eigenvalue weighted by molar-refractivity contribution is -0.137. The highest BCUT2D eigenvalue weighted by atomic mass is 19.1. The smallest absolute Gasteiger partial charge is 0.239 e. The van der Waals surface area contributed by atoms with Crippen LogP contribution in [-0.4, -0.2) is 36.9 Å². The lowest BCUT2D eigenvalue weighted by Crippen LogP contribution is -2.42. The molecule has 5 nitrogen and oxygen atoms in total. The maximum absolute atomic E-state index is 13.5. The first-order chi connectivity index (χ1) is 10.1. The Hall–Kier alpha value is -2.11. The number of hydrogen-bond donors (Lipinski definition) is 1. The fourth-order valence-electron chi connectivity index (χ4n) is 2.28. The molecule has 1 aliphatic rings. The van der Waals surface area contributed by atoms with Gasteiger partial charge in [0.1, 0.15) is 0 Å². The van der Waals surface area contributed by atoms with Crippen LogP contribution in [0.2, 0.25) is 0 Å². The topological polar surface area (TPSA) is 58.6 Å². The van der Waals surface area contributed by atoms with Gasteiger partial charge in [-0.05, 0) is 30.5 Å². The first-order valence-corrected chi connectivity index (χ1v) is 6.97. The van der Waals surface area contributed by atoms with Crippen molar-refractivity contribution in [2.75, 3.05) is 20.2 Å². The van der Waals surface area contributed by atoms with E-state index in [4.69, 9.17) is 4.74 Å². The fourth-order valence-corrected chi connectivity index (χ4v) is 2.28. The molecular weight excluding hydrogens is 275 g/mol. The van der Waals surface area contributed by atoms with Gasteiger partial charge in [0.05, 0.1) is 13.7 Å².